The third-order valence-electron chi connectivity index (χ3n) is 2.26. The van der Waals surface area contributed by atoms with Gasteiger partial charge in [0.2, 0.25) is 0 Å². The Bertz CT molecular complexity index is 190. The third-order valence-corrected chi connectivity index (χ3v) is 2.26. The van der Waals surface area contributed by atoms with E-state index in [0.717, 1.165) is 6.42 Å². The minimum atomic E-state index is -2.39. The maximum absolute atomic E-state index is 12.7. The van der Waals surface area contributed by atoms with E-state index in [9.17, 15) is 18.3 Å². The number of aliphatic hydroxyl groups is 1. The molecule has 0 heterocycles. The highest BCUT2D eigenvalue weighted by Gasteiger charge is 2.37. The number of rotatable bonds is 1. The van der Waals surface area contributed by atoms with Crippen molar-refractivity contribution in [3.8, 4) is 0 Å². The fraction of sp³-hybridized carbons (Fsp3) is 0.750. The van der Waals surface area contributed by atoms with Crippen LogP contribution in [0.15, 0.2) is 11.9 Å². The first-order valence-electron chi connectivity index (χ1n) is 4.00. The van der Waals surface area contributed by atoms with Gasteiger partial charge in [0.1, 0.15) is 5.60 Å². The maximum Gasteiger partial charge on any atom is 0.304 e. The van der Waals surface area contributed by atoms with Crippen LogP contribution in [0.4, 0.5) is 13.2 Å². The van der Waals surface area contributed by atoms with E-state index in [1.165, 1.54) is 0 Å². The summed E-state index contributed by atoms with van der Waals surface area (Å²) < 4.78 is 36.3. The summed E-state index contributed by atoms with van der Waals surface area (Å²) in [5, 5.41) is 9.40. The van der Waals surface area contributed by atoms with Crippen molar-refractivity contribution < 1.29 is 18.3 Å². The fourth-order valence-electron chi connectivity index (χ4n) is 1.53. The quantitative estimate of drug-likeness (QED) is 0.657. The third kappa shape index (κ3) is 1.80. The van der Waals surface area contributed by atoms with Crippen molar-refractivity contribution in [2.75, 3.05) is 0 Å². The molecule has 1 aliphatic carbocycles. The molecule has 0 amide bonds. The summed E-state index contributed by atoms with van der Waals surface area (Å²) >= 11 is 0. The Morgan fingerprint density at radius 2 is 1.50 bits per heavy atom. The van der Waals surface area contributed by atoms with Crippen LogP contribution in [0.3, 0.4) is 0 Å². The predicted molar refractivity (Wildman–Crippen MR) is 38.4 cm³/mol. The van der Waals surface area contributed by atoms with Gasteiger partial charge in [0.15, 0.2) is 5.83 Å². The van der Waals surface area contributed by atoms with E-state index in [4.69, 9.17) is 0 Å². The maximum atomic E-state index is 12.7. The Balaban J connectivity index is 2.76. The van der Waals surface area contributed by atoms with E-state index in [1.54, 1.807) is 0 Å². The lowest BCUT2D eigenvalue weighted by molar-refractivity contribution is 0.0124. The Morgan fingerprint density at radius 1 is 1.00 bits per heavy atom. The van der Waals surface area contributed by atoms with Gasteiger partial charge in [0.05, 0.1) is 0 Å². The van der Waals surface area contributed by atoms with Crippen LogP contribution in [0, 0.1) is 0 Å². The van der Waals surface area contributed by atoms with Crippen molar-refractivity contribution in [3.05, 3.63) is 11.9 Å². The van der Waals surface area contributed by atoms with Crippen molar-refractivity contribution in [1.29, 1.82) is 0 Å². The molecule has 0 radical (unpaired) electrons. The molecule has 0 aliphatic heterocycles. The van der Waals surface area contributed by atoms with Crippen LogP contribution in [0.5, 0.6) is 0 Å². The van der Waals surface area contributed by atoms with Crippen LogP contribution < -0.4 is 0 Å². The van der Waals surface area contributed by atoms with Gasteiger partial charge in [-0.2, -0.15) is 8.78 Å². The van der Waals surface area contributed by atoms with Crippen molar-refractivity contribution >= 4 is 0 Å². The molecule has 0 spiro atoms. The standard InChI is InChI=1S/C8H11F3O/c9-6(7(10)11)8(12)4-2-1-3-5-8/h12H,1-5H2. The first kappa shape index (κ1) is 9.58. The highest BCUT2D eigenvalue weighted by atomic mass is 19.3. The molecule has 1 saturated carbocycles. The minimum absolute atomic E-state index is 0.107. The lowest BCUT2D eigenvalue weighted by atomic mass is 9.84. The van der Waals surface area contributed by atoms with Crippen LogP contribution in [-0.2, 0) is 0 Å². The lowest BCUT2D eigenvalue weighted by Gasteiger charge is -2.29. The molecular weight excluding hydrogens is 169 g/mol. The van der Waals surface area contributed by atoms with E-state index < -0.39 is 17.5 Å². The van der Waals surface area contributed by atoms with Crippen LogP contribution in [0.1, 0.15) is 32.1 Å². The molecule has 1 nitrogen and oxygen atoms in total. The first-order valence-corrected chi connectivity index (χ1v) is 4.00. The van der Waals surface area contributed by atoms with Gasteiger partial charge in [-0.3, -0.25) is 0 Å². The van der Waals surface area contributed by atoms with Crippen LogP contribution in [-0.4, -0.2) is 10.7 Å². The minimum Gasteiger partial charge on any atom is -0.383 e. The van der Waals surface area contributed by atoms with E-state index >= 15 is 0 Å². The van der Waals surface area contributed by atoms with Crippen LogP contribution >= 0.6 is 0 Å². The molecule has 0 aromatic rings. The summed E-state index contributed by atoms with van der Waals surface area (Å²) in [4.78, 5) is 0. The molecule has 1 fully saturated rings. The van der Waals surface area contributed by atoms with Gasteiger partial charge in [0.25, 0.3) is 0 Å². The second kappa shape index (κ2) is 3.47. The van der Waals surface area contributed by atoms with Crippen molar-refractivity contribution in [1.82, 2.24) is 0 Å². The molecule has 4 heteroatoms. The molecule has 1 N–H and O–H groups in total. The molecule has 12 heavy (non-hydrogen) atoms. The second-order valence-electron chi connectivity index (χ2n) is 3.17. The Morgan fingerprint density at radius 3 is 1.92 bits per heavy atom. The average Bonchev–Trinajstić information content (AvgIpc) is 2.04. The van der Waals surface area contributed by atoms with Gasteiger partial charge in [-0.15, -0.1) is 0 Å². The number of hydrogen-bond donors (Lipinski definition) is 1. The zero-order valence-corrected chi connectivity index (χ0v) is 6.62. The Labute approximate surface area is 68.9 Å². The molecule has 0 aromatic carbocycles. The average molecular weight is 180 g/mol. The summed E-state index contributed by atoms with van der Waals surface area (Å²) in [6.45, 7) is 0. The largest absolute Gasteiger partial charge is 0.383 e. The molecular formula is C8H11F3O. The van der Waals surface area contributed by atoms with E-state index in [1.807, 2.05) is 0 Å². The molecule has 0 bridgehead atoms. The van der Waals surface area contributed by atoms with Gasteiger partial charge in [-0.05, 0) is 12.8 Å². The summed E-state index contributed by atoms with van der Waals surface area (Å²) in [5.74, 6) is -1.64. The number of halogens is 3. The molecule has 0 unspecified atom stereocenters. The van der Waals surface area contributed by atoms with Gasteiger partial charge >= 0.3 is 6.08 Å². The van der Waals surface area contributed by atoms with Crippen LogP contribution in [0.2, 0.25) is 0 Å². The molecule has 0 saturated heterocycles. The molecule has 0 atom stereocenters. The van der Waals surface area contributed by atoms with Gasteiger partial charge in [0, 0.05) is 0 Å². The second-order valence-corrected chi connectivity index (χ2v) is 3.17. The zero-order valence-electron chi connectivity index (χ0n) is 6.62. The zero-order chi connectivity index (χ0) is 9.19. The topological polar surface area (TPSA) is 20.2 Å². The normalized spacial score (nSPS) is 22.0. The summed E-state index contributed by atoms with van der Waals surface area (Å²) in [7, 11) is 0. The molecule has 70 valence electrons. The molecule has 0 aromatic heterocycles. The first-order chi connectivity index (χ1) is 5.56. The van der Waals surface area contributed by atoms with Crippen molar-refractivity contribution in [2.45, 2.75) is 37.7 Å². The fourth-order valence-corrected chi connectivity index (χ4v) is 1.53. The van der Waals surface area contributed by atoms with Crippen molar-refractivity contribution in [2.24, 2.45) is 0 Å². The molecule has 1 rings (SSSR count). The highest BCUT2D eigenvalue weighted by Crippen LogP contribution is 2.36. The van der Waals surface area contributed by atoms with E-state index in [-0.39, 0.29) is 12.8 Å². The Hall–Kier alpha value is -0.510. The van der Waals surface area contributed by atoms with Gasteiger partial charge in [-0.25, -0.2) is 4.39 Å². The monoisotopic (exact) mass is 180 g/mol. The van der Waals surface area contributed by atoms with E-state index in [2.05, 4.69) is 0 Å². The molecule has 1 aliphatic rings. The SMILES string of the molecule is OC1(C(F)=C(F)F)CCCCC1. The summed E-state index contributed by atoms with van der Waals surface area (Å²) in [5.41, 5.74) is -1.88. The summed E-state index contributed by atoms with van der Waals surface area (Å²) in [6.07, 6.45) is -0.0797. The van der Waals surface area contributed by atoms with Gasteiger partial charge < -0.3 is 5.11 Å². The number of hydrogen-bond acceptors (Lipinski definition) is 1. The van der Waals surface area contributed by atoms with Crippen molar-refractivity contribution in [3.63, 3.8) is 0 Å². The van der Waals surface area contributed by atoms with E-state index in [0.29, 0.717) is 12.8 Å². The van der Waals surface area contributed by atoms with Gasteiger partial charge in [-0.1, -0.05) is 19.3 Å². The highest BCUT2D eigenvalue weighted by molar-refractivity contribution is 5.10. The predicted octanol–water partition coefficient (Wildman–Crippen LogP) is 2.76. The smallest absolute Gasteiger partial charge is 0.304 e. The van der Waals surface area contributed by atoms with Crippen LogP contribution in [0.25, 0.3) is 0 Å². The summed E-state index contributed by atoms with van der Waals surface area (Å²) in [6, 6.07) is 0. The Kier molecular flexibility index (Phi) is 2.77. The lowest BCUT2D eigenvalue weighted by Crippen LogP contribution is -2.32.